The van der Waals surface area contributed by atoms with Crippen molar-refractivity contribution in [1.29, 1.82) is 0 Å². The minimum atomic E-state index is 1.75. The SMILES string of the molecule is CC.c1ccncc1. The highest BCUT2D eigenvalue weighted by Crippen LogP contribution is 1.73. The van der Waals surface area contributed by atoms with Gasteiger partial charge in [-0.3, -0.25) is 4.98 Å². The Morgan fingerprint density at radius 2 is 1.38 bits per heavy atom. The third-order valence-corrected chi connectivity index (χ3v) is 0.566. The molecule has 1 rings (SSSR count). The fraction of sp³-hybridized carbons (Fsp3) is 0.286. The summed E-state index contributed by atoms with van der Waals surface area (Å²) >= 11 is 0. The first kappa shape index (κ1) is 7.15. The van der Waals surface area contributed by atoms with Crippen molar-refractivity contribution in [2.24, 2.45) is 0 Å². The molecule has 1 heteroatoms. The fourth-order valence-electron chi connectivity index (χ4n) is 0.313. The van der Waals surface area contributed by atoms with Gasteiger partial charge in [-0.1, -0.05) is 19.9 Å². The zero-order valence-corrected chi connectivity index (χ0v) is 5.33. The molecule has 1 aromatic heterocycles. The van der Waals surface area contributed by atoms with E-state index in [1.165, 1.54) is 0 Å². The van der Waals surface area contributed by atoms with Gasteiger partial charge in [-0.25, -0.2) is 0 Å². The molecule has 0 aliphatic carbocycles. The van der Waals surface area contributed by atoms with Gasteiger partial charge in [0.2, 0.25) is 0 Å². The van der Waals surface area contributed by atoms with Crippen LogP contribution in [0.4, 0.5) is 0 Å². The number of pyridine rings is 1. The molecule has 0 saturated carbocycles. The summed E-state index contributed by atoms with van der Waals surface area (Å²) in [5, 5.41) is 0. The average molecular weight is 109 g/mol. The third kappa shape index (κ3) is 3.34. The zero-order valence-electron chi connectivity index (χ0n) is 5.33. The van der Waals surface area contributed by atoms with Crippen molar-refractivity contribution in [3.8, 4) is 0 Å². The topological polar surface area (TPSA) is 12.9 Å². The van der Waals surface area contributed by atoms with Gasteiger partial charge in [0.05, 0.1) is 0 Å². The summed E-state index contributed by atoms with van der Waals surface area (Å²) in [6, 6.07) is 5.72. The Morgan fingerprint density at radius 3 is 1.50 bits per heavy atom. The molecule has 0 fully saturated rings. The van der Waals surface area contributed by atoms with Crippen LogP contribution in [0.15, 0.2) is 30.6 Å². The Hall–Kier alpha value is -0.850. The highest BCUT2D eigenvalue weighted by atomic mass is 14.6. The first-order chi connectivity index (χ1) is 4.00. The van der Waals surface area contributed by atoms with Gasteiger partial charge >= 0.3 is 0 Å². The molecule has 44 valence electrons. The minimum absolute atomic E-state index is 1.75. The van der Waals surface area contributed by atoms with Crippen molar-refractivity contribution in [1.82, 2.24) is 4.98 Å². The molecule has 0 aromatic carbocycles. The Morgan fingerprint density at radius 1 is 0.875 bits per heavy atom. The van der Waals surface area contributed by atoms with Gasteiger partial charge in [0.1, 0.15) is 0 Å². The van der Waals surface area contributed by atoms with Gasteiger partial charge in [-0.05, 0) is 12.1 Å². The van der Waals surface area contributed by atoms with Crippen LogP contribution in [0.1, 0.15) is 13.8 Å². The van der Waals surface area contributed by atoms with E-state index in [1.54, 1.807) is 12.4 Å². The van der Waals surface area contributed by atoms with Gasteiger partial charge in [0.25, 0.3) is 0 Å². The maximum absolute atomic E-state index is 3.78. The molecule has 0 atom stereocenters. The van der Waals surface area contributed by atoms with E-state index in [4.69, 9.17) is 0 Å². The van der Waals surface area contributed by atoms with Crippen LogP contribution < -0.4 is 0 Å². The molecule has 1 nitrogen and oxygen atoms in total. The summed E-state index contributed by atoms with van der Waals surface area (Å²) in [7, 11) is 0. The van der Waals surface area contributed by atoms with E-state index in [0.717, 1.165) is 0 Å². The summed E-state index contributed by atoms with van der Waals surface area (Å²) in [4.78, 5) is 3.78. The average Bonchev–Trinajstić information content (AvgIpc) is 1.96. The van der Waals surface area contributed by atoms with Crippen LogP contribution in [0.2, 0.25) is 0 Å². The first-order valence-electron chi connectivity index (χ1n) is 2.85. The quantitative estimate of drug-likeness (QED) is 0.497. The van der Waals surface area contributed by atoms with E-state index in [2.05, 4.69) is 4.98 Å². The molecule has 0 radical (unpaired) electrons. The first-order valence-corrected chi connectivity index (χ1v) is 2.85. The van der Waals surface area contributed by atoms with E-state index in [1.807, 2.05) is 32.0 Å². The monoisotopic (exact) mass is 109 g/mol. The van der Waals surface area contributed by atoms with Crippen LogP contribution in [0.5, 0.6) is 0 Å². The number of nitrogens with zero attached hydrogens (tertiary/aromatic N) is 1. The lowest BCUT2D eigenvalue weighted by Crippen LogP contribution is -1.58. The number of aromatic nitrogens is 1. The summed E-state index contributed by atoms with van der Waals surface area (Å²) < 4.78 is 0. The smallest absolute Gasteiger partial charge is 0.0267 e. The maximum Gasteiger partial charge on any atom is 0.0267 e. The van der Waals surface area contributed by atoms with Crippen molar-refractivity contribution >= 4 is 0 Å². The second-order valence-electron chi connectivity index (χ2n) is 1.02. The maximum atomic E-state index is 3.78. The predicted molar refractivity (Wildman–Crippen MR) is 35.6 cm³/mol. The van der Waals surface area contributed by atoms with Gasteiger partial charge in [-0.15, -0.1) is 0 Å². The minimum Gasteiger partial charge on any atom is -0.265 e. The molecule has 0 aliphatic heterocycles. The van der Waals surface area contributed by atoms with Crippen molar-refractivity contribution in [2.75, 3.05) is 0 Å². The molecular weight excluding hydrogens is 98.1 g/mol. The van der Waals surface area contributed by atoms with Crippen molar-refractivity contribution in [3.05, 3.63) is 30.6 Å². The fourth-order valence-corrected chi connectivity index (χ4v) is 0.313. The molecule has 0 bridgehead atoms. The zero-order chi connectivity index (χ0) is 6.24. The van der Waals surface area contributed by atoms with Gasteiger partial charge < -0.3 is 0 Å². The van der Waals surface area contributed by atoms with Crippen LogP contribution in [0.3, 0.4) is 0 Å². The molecule has 0 N–H and O–H groups in total. The molecule has 1 aromatic rings. The number of rotatable bonds is 0. The predicted octanol–water partition coefficient (Wildman–Crippen LogP) is 2.11. The Balaban J connectivity index is 0.000000222. The van der Waals surface area contributed by atoms with Crippen LogP contribution in [0, 0.1) is 0 Å². The lowest BCUT2D eigenvalue weighted by molar-refractivity contribution is 1.33. The number of hydrogen-bond donors (Lipinski definition) is 0. The molecule has 0 amide bonds. The van der Waals surface area contributed by atoms with Gasteiger partial charge in [-0.2, -0.15) is 0 Å². The van der Waals surface area contributed by atoms with Crippen LogP contribution >= 0.6 is 0 Å². The van der Waals surface area contributed by atoms with Crippen molar-refractivity contribution < 1.29 is 0 Å². The molecular formula is C7H11N. The van der Waals surface area contributed by atoms with E-state index < -0.39 is 0 Å². The summed E-state index contributed by atoms with van der Waals surface area (Å²) in [5.41, 5.74) is 0. The van der Waals surface area contributed by atoms with Gasteiger partial charge in [0.15, 0.2) is 0 Å². The standard InChI is InChI=1S/C5H5N.C2H6/c1-2-4-6-5-3-1;1-2/h1-5H;1-2H3. The Kier molecular flexibility index (Phi) is 5.50. The lowest BCUT2D eigenvalue weighted by atomic mass is 10.5. The largest absolute Gasteiger partial charge is 0.265 e. The molecule has 0 aliphatic rings. The second-order valence-corrected chi connectivity index (χ2v) is 1.02. The molecule has 1 heterocycles. The Labute approximate surface area is 50.4 Å². The van der Waals surface area contributed by atoms with E-state index in [0.29, 0.717) is 0 Å². The highest BCUT2D eigenvalue weighted by molar-refractivity contribution is 4.88. The van der Waals surface area contributed by atoms with E-state index in [-0.39, 0.29) is 0 Å². The van der Waals surface area contributed by atoms with Crippen molar-refractivity contribution in [3.63, 3.8) is 0 Å². The second kappa shape index (κ2) is 6.15. The summed E-state index contributed by atoms with van der Waals surface area (Å²) in [6.45, 7) is 4.00. The van der Waals surface area contributed by atoms with Crippen molar-refractivity contribution in [2.45, 2.75) is 13.8 Å². The molecule has 0 spiro atoms. The van der Waals surface area contributed by atoms with Crippen LogP contribution in [0.25, 0.3) is 0 Å². The molecule has 8 heavy (non-hydrogen) atoms. The summed E-state index contributed by atoms with van der Waals surface area (Å²) in [5.74, 6) is 0. The normalized spacial score (nSPS) is 6.75. The summed E-state index contributed by atoms with van der Waals surface area (Å²) in [6.07, 6.45) is 3.50. The Bertz CT molecular complexity index is 76.3. The van der Waals surface area contributed by atoms with E-state index >= 15 is 0 Å². The molecule has 0 saturated heterocycles. The van der Waals surface area contributed by atoms with Crippen LogP contribution in [-0.2, 0) is 0 Å². The molecule has 0 unspecified atom stereocenters. The number of hydrogen-bond acceptors (Lipinski definition) is 1. The van der Waals surface area contributed by atoms with E-state index in [9.17, 15) is 0 Å². The van der Waals surface area contributed by atoms with Gasteiger partial charge in [0, 0.05) is 12.4 Å². The third-order valence-electron chi connectivity index (χ3n) is 0.566. The highest BCUT2D eigenvalue weighted by Gasteiger charge is 1.58. The lowest BCUT2D eigenvalue weighted by Gasteiger charge is -1.70. The van der Waals surface area contributed by atoms with Crippen LogP contribution in [-0.4, -0.2) is 4.98 Å².